The van der Waals surface area contributed by atoms with Crippen LogP contribution in [-0.2, 0) is 4.79 Å². The Morgan fingerprint density at radius 1 is 1.28 bits per heavy atom. The summed E-state index contributed by atoms with van der Waals surface area (Å²) < 4.78 is 1.12. The Kier molecular flexibility index (Phi) is 5.00. The quantitative estimate of drug-likeness (QED) is 0.631. The first-order valence-corrected chi connectivity index (χ1v) is 7.57. The Balaban J connectivity index is 2.02. The summed E-state index contributed by atoms with van der Waals surface area (Å²) >= 11 is 2.24. The van der Waals surface area contributed by atoms with Gasteiger partial charge in [-0.1, -0.05) is 25.3 Å². The van der Waals surface area contributed by atoms with E-state index in [1.165, 1.54) is 6.42 Å². The van der Waals surface area contributed by atoms with Crippen LogP contribution in [0.25, 0.3) is 0 Å². The maximum atomic E-state index is 12.2. The van der Waals surface area contributed by atoms with Crippen molar-refractivity contribution >= 4 is 34.2 Å². The van der Waals surface area contributed by atoms with E-state index in [0.29, 0.717) is 0 Å². The fraction of sp³-hybridized carbons (Fsp3) is 0.500. The minimum absolute atomic E-state index is 0.00952. The molecular weight excluding hydrogens is 339 g/mol. The fourth-order valence-electron chi connectivity index (χ4n) is 2.46. The Morgan fingerprint density at radius 2 is 2.06 bits per heavy atom. The number of hydrogen-bond donors (Lipinski definition) is 2. The van der Waals surface area contributed by atoms with Crippen molar-refractivity contribution in [3.63, 3.8) is 0 Å². The number of benzene rings is 1. The number of halogens is 1. The highest BCUT2D eigenvalue weighted by atomic mass is 127. The minimum Gasteiger partial charge on any atom is -0.327 e. The van der Waals surface area contributed by atoms with Crippen molar-refractivity contribution in [1.29, 1.82) is 0 Å². The molecule has 0 radical (unpaired) electrons. The van der Waals surface area contributed by atoms with Crippen LogP contribution in [0.5, 0.6) is 0 Å². The molecule has 4 heteroatoms. The molecule has 0 aromatic heterocycles. The lowest BCUT2D eigenvalue weighted by Crippen LogP contribution is -2.37. The smallest absolute Gasteiger partial charge is 0.229 e. The number of carbonyl (C=O) groups is 1. The summed E-state index contributed by atoms with van der Waals surface area (Å²) in [6, 6.07) is 7.86. The highest BCUT2D eigenvalue weighted by molar-refractivity contribution is 14.1. The maximum absolute atomic E-state index is 12.2. The minimum atomic E-state index is -0.0367. The molecule has 0 saturated heterocycles. The zero-order chi connectivity index (χ0) is 13.0. The van der Waals surface area contributed by atoms with Gasteiger partial charge < -0.3 is 11.1 Å². The molecule has 0 spiro atoms. The van der Waals surface area contributed by atoms with Crippen molar-refractivity contribution < 1.29 is 4.79 Å². The van der Waals surface area contributed by atoms with Crippen LogP contribution in [0.15, 0.2) is 24.3 Å². The van der Waals surface area contributed by atoms with Crippen LogP contribution in [0.4, 0.5) is 5.69 Å². The van der Waals surface area contributed by atoms with Gasteiger partial charge in [0, 0.05) is 15.3 Å². The van der Waals surface area contributed by atoms with Crippen molar-refractivity contribution in [3.05, 3.63) is 27.8 Å². The van der Waals surface area contributed by atoms with E-state index in [0.717, 1.165) is 34.9 Å². The van der Waals surface area contributed by atoms with E-state index < -0.39 is 0 Å². The fourth-order valence-corrected chi connectivity index (χ4v) is 3.01. The summed E-state index contributed by atoms with van der Waals surface area (Å²) in [6.07, 6.45) is 5.33. The lowest BCUT2D eigenvalue weighted by molar-refractivity contribution is -0.120. The van der Waals surface area contributed by atoms with Crippen LogP contribution < -0.4 is 11.1 Å². The van der Waals surface area contributed by atoms with E-state index in [4.69, 9.17) is 5.73 Å². The van der Waals surface area contributed by atoms with Gasteiger partial charge in [0.25, 0.3) is 0 Å². The van der Waals surface area contributed by atoms with Gasteiger partial charge in [0.1, 0.15) is 0 Å². The molecular formula is C14H19IN2O. The summed E-state index contributed by atoms with van der Waals surface area (Å²) in [5.74, 6) is 0.0387. The summed E-state index contributed by atoms with van der Waals surface area (Å²) in [6.45, 7) is 0. The largest absolute Gasteiger partial charge is 0.327 e. The predicted molar refractivity (Wildman–Crippen MR) is 82.3 cm³/mol. The number of carbonyl (C=O) groups excluding carboxylic acids is 1. The van der Waals surface area contributed by atoms with Crippen LogP contribution in [0.1, 0.15) is 32.1 Å². The molecule has 2 atom stereocenters. The number of nitrogens with two attached hydrogens (primary N) is 1. The van der Waals surface area contributed by atoms with Crippen molar-refractivity contribution in [2.24, 2.45) is 11.7 Å². The average molecular weight is 358 g/mol. The van der Waals surface area contributed by atoms with E-state index >= 15 is 0 Å². The normalized spacial score (nSPS) is 24.3. The summed E-state index contributed by atoms with van der Waals surface area (Å²) in [5.41, 5.74) is 6.97. The van der Waals surface area contributed by atoms with Crippen LogP contribution in [-0.4, -0.2) is 11.9 Å². The molecule has 1 aliphatic carbocycles. The first kappa shape index (κ1) is 13.8. The molecule has 2 unspecified atom stereocenters. The van der Waals surface area contributed by atoms with Gasteiger partial charge in [-0.3, -0.25) is 4.79 Å². The third kappa shape index (κ3) is 3.68. The van der Waals surface area contributed by atoms with Crippen molar-refractivity contribution in [2.75, 3.05) is 5.32 Å². The molecule has 3 nitrogen and oxygen atoms in total. The molecule has 98 valence electrons. The summed E-state index contributed by atoms with van der Waals surface area (Å²) in [4.78, 5) is 12.2. The van der Waals surface area contributed by atoms with Gasteiger partial charge in [0.05, 0.1) is 5.92 Å². The van der Waals surface area contributed by atoms with Crippen LogP contribution in [0.3, 0.4) is 0 Å². The monoisotopic (exact) mass is 358 g/mol. The number of rotatable bonds is 2. The SMILES string of the molecule is NC1CCCCCC1C(=O)Nc1cccc(I)c1. The van der Waals surface area contributed by atoms with E-state index in [2.05, 4.69) is 27.9 Å². The zero-order valence-electron chi connectivity index (χ0n) is 10.4. The molecule has 1 aromatic carbocycles. The second kappa shape index (κ2) is 6.52. The van der Waals surface area contributed by atoms with Crippen LogP contribution in [0.2, 0.25) is 0 Å². The third-order valence-electron chi connectivity index (χ3n) is 3.50. The topological polar surface area (TPSA) is 55.1 Å². The zero-order valence-corrected chi connectivity index (χ0v) is 12.5. The van der Waals surface area contributed by atoms with Gasteiger partial charge in [0.2, 0.25) is 5.91 Å². The van der Waals surface area contributed by atoms with Gasteiger partial charge in [-0.15, -0.1) is 0 Å². The van der Waals surface area contributed by atoms with E-state index in [9.17, 15) is 4.79 Å². The second-order valence-electron chi connectivity index (χ2n) is 4.91. The van der Waals surface area contributed by atoms with Gasteiger partial charge in [-0.25, -0.2) is 0 Å². The molecule has 2 rings (SSSR count). The number of hydrogen-bond acceptors (Lipinski definition) is 2. The maximum Gasteiger partial charge on any atom is 0.229 e. The Bertz CT molecular complexity index is 422. The second-order valence-corrected chi connectivity index (χ2v) is 6.15. The molecule has 0 aliphatic heterocycles. The highest BCUT2D eigenvalue weighted by Gasteiger charge is 2.26. The Morgan fingerprint density at radius 3 is 2.83 bits per heavy atom. The highest BCUT2D eigenvalue weighted by Crippen LogP contribution is 2.24. The van der Waals surface area contributed by atoms with Gasteiger partial charge in [-0.05, 0) is 53.6 Å². The Labute approximate surface area is 122 Å². The number of amides is 1. The third-order valence-corrected chi connectivity index (χ3v) is 4.17. The molecule has 1 fully saturated rings. The van der Waals surface area contributed by atoms with Crippen molar-refractivity contribution in [3.8, 4) is 0 Å². The summed E-state index contributed by atoms with van der Waals surface area (Å²) in [5, 5.41) is 2.99. The standard InChI is InChI=1S/C14H19IN2O/c15-10-5-4-6-11(9-10)17-14(18)12-7-2-1-3-8-13(12)16/h4-6,9,12-13H,1-3,7-8,16H2,(H,17,18). The Hall–Kier alpha value is -0.620. The van der Waals surface area contributed by atoms with Crippen molar-refractivity contribution in [1.82, 2.24) is 0 Å². The van der Waals surface area contributed by atoms with Crippen LogP contribution >= 0.6 is 22.6 Å². The molecule has 3 N–H and O–H groups in total. The molecule has 1 amide bonds. The molecule has 1 saturated carbocycles. The lowest BCUT2D eigenvalue weighted by atomic mass is 9.94. The van der Waals surface area contributed by atoms with E-state index in [-0.39, 0.29) is 17.9 Å². The van der Waals surface area contributed by atoms with E-state index in [1.54, 1.807) is 0 Å². The molecule has 1 aliphatic rings. The van der Waals surface area contributed by atoms with Gasteiger partial charge >= 0.3 is 0 Å². The predicted octanol–water partition coefficient (Wildman–Crippen LogP) is 3.14. The molecule has 18 heavy (non-hydrogen) atoms. The molecule has 0 heterocycles. The summed E-state index contributed by atoms with van der Waals surface area (Å²) in [7, 11) is 0. The molecule has 0 bridgehead atoms. The van der Waals surface area contributed by atoms with Gasteiger partial charge in [0.15, 0.2) is 0 Å². The lowest BCUT2D eigenvalue weighted by Gasteiger charge is -2.20. The van der Waals surface area contributed by atoms with Crippen molar-refractivity contribution in [2.45, 2.75) is 38.1 Å². The van der Waals surface area contributed by atoms with E-state index in [1.807, 2.05) is 24.3 Å². The number of nitrogens with one attached hydrogen (secondary N) is 1. The average Bonchev–Trinajstić information content (AvgIpc) is 2.54. The first-order valence-electron chi connectivity index (χ1n) is 6.49. The first-order chi connectivity index (χ1) is 8.66. The van der Waals surface area contributed by atoms with Crippen LogP contribution in [0, 0.1) is 9.49 Å². The number of anilines is 1. The van der Waals surface area contributed by atoms with Gasteiger partial charge in [-0.2, -0.15) is 0 Å². The molecule has 1 aromatic rings.